The van der Waals surface area contributed by atoms with Crippen LogP contribution in [0.4, 0.5) is 11.4 Å². The zero-order valence-corrected chi connectivity index (χ0v) is 16.9. The van der Waals surface area contributed by atoms with Crippen molar-refractivity contribution < 1.29 is 9.59 Å². The Morgan fingerprint density at radius 2 is 1.85 bits per heavy atom. The van der Waals surface area contributed by atoms with E-state index in [2.05, 4.69) is 43.1 Å². The molecule has 0 aromatic heterocycles. The number of nitrogens with one attached hydrogen (secondary N) is 1. The largest absolute Gasteiger partial charge is 0.372 e. The summed E-state index contributed by atoms with van der Waals surface area (Å²) >= 11 is 0. The Labute approximate surface area is 163 Å². The number of amides is 2. The van der Waals surface area contributed by atoms with Crippen molar-refractivity contribution in [2.45, 2.75) is 46.5 Å². The number of carbonyl (C=O) groups is 2. The molecule has 0 spiro atoms. The van der Waals surface area contributed by atoms with E-state index in [1.165, 1.54) is 18.5 Å². The van der Waals surface area contributed by atoms with Gasteiger partial charge in [-0.3, -0.25) is 9.59 Å². The Morgan fingerprint density at radius 3 is 2.48 bits per heavy atom. The van der Waals surface area contributed by atoms with Gasteiger partial charge in [0.1, 0.15) is 0 Å². The molecule has 5 nitrogen and oxygen atoms in total. The number of carbonyl (C=O) groups excluding carboxylic acids is 2. The van der Waals surface area contributed by atoms with E-state index in [-0.39, 0.29) is 17.7 Å². The molecule has 1 aromatic carbocycles. The second-order valence-corrected chi connectivity index (χ2v) is 8.63. The Balaban J connectivity index is 1.51. The summed E-state index contributed by atoms with van der Waals surface area (Å²) in [6.45, 7) is 10.1. The van der Waals surface area contributed by atoms with Crippen LogP contribution in [0.1, 0.15) is 46.5 Å². The topological polar surface area (TPSA) is 52.7 Å². The summed E-state index contributed by atoms with van der Waals surface area (Å²) in [5.41, 5.74) is 2.03. The zero-order chi connectivity index (χ0) is 19.4. The smallest absolute Gasteiger partial charge is 0.229 e. The number of hydrogen-bond acceptors (Lipinski definition) is 3. The van der Waals surface area contributed by atoms with Crippen molar-refractivity contribution >= 4 is 23.2 Å². The zero-order valence-electron chi connectivity index (χ0n) is 16.9. The molecule has 148 valence electrons. The SMILES string of the molecule is CC(C)CCN1CC(C(=O)Nc2ccc(N3CCC(C)CC3)cc2)CC1=O. The lowest BCUT2D eigenvalue weighted by Crippen LogP contribution is -2.32. The van der Waals surface area contributed by atoms with Crippen molar-refractivity contribution in [2.75, 3.05) is 36.4 Å². The van der Waals surface area contributed by atoms with Crippen molar-refractivity contribution in [3.8, 4) is 0 Å². The standard InChI is InChI=1S/C22H33N3O2/c1-16(2)8-11-25-15-18(14-21(25)26)22(27)23-19-4-6-20(7-5-19)24-12-9-17(3)10-13-24/h4-7,16-18H,8-15H2,1-3H3,(H,23,27). The van der Waals surface area contributed by atoms with Crippen LogP contribution in [-0.2, 0) is 9.59 Å². The molecule has 2 fully saturated rings. The Morgan fingerprint density at radius 1 is 1.19 bits per heavy atom. The number of piperidine rings is 1. The van der Waals surface area contributed by atoms with Crippen molar-refractivity contribution in [1.29, 1.82) is 0 Å². The molecule has 2 heterocycles. The van der Waals surface area contributed by atoms with Gasteiger partial charge in [-0.1, -0.05) is 20.8 Å². The van der Waals surface area contributed by atoms with Crippen LogP contribution < -0.4 is 10.2 Å². The Bertz CT molecular complexity index is 648. The molecule has 3 rings (SSSR count). The van der Waals surface area contributed by atoms with Crippen LogP contribution in [0.2, 0.25) is 0 Å². The van der Waals surface area contributed by atoms with Crippen LogP contribution in [0, 0.1) is 17.8 Å². The van der Waals surface area contributed by atoms with Gasteiger partial charge in [0, 0.05) is 44.0 Å². The van der Waals surface area contributed by atoms with Crippen LogP contribution in [0.15, 0.2) is 24.3 Å². The fourth-order valence-corrected chi connectivity index (χ4v) is 3.84. The van der Waals surface area contributed by atoms with Crippen LogP contribution in [0.25, 0.3) is 0 Å². The highest BCUT2D eigenvalue weighted by Gasteiger charge is 2.34. The summed E-state index contributed by atoms with van der Waals surface area (Å²) in [5, 5.41) is 2.99. The van der Waals surface area contributed by atoms with Crippen molar-refractivity contribution in [1.82, 2.24) is 4.90 Å². The first-order valence-corrected chi connectivity index (χ1v) is 10.4. The molecule has 1 unspecified atom stereocenters. The second kappa shape index (κ2) is 8.77. The summed E-state index contributed by atoms with van der Waals surface area (Å²) in [6.07, 6.45) is 3.79. The molecule has 0 bridgehead atoms. The Hall–Kier alpha value is -2.04. The minimum Gasteiger partial charge on any atom is -0.372 e. The van der Waals surface area contributed by atoms with Gasteiger partial charge in [0.15, 0.2) is 0 Å². The maximum Gasteiger partial charge on any atom is 0.229 e. The second-order valence-electron chi connectivity index (χ2n) is 8.63. The average Bonchev–Trinajstić information content (AvgIpc) is 3.02. The van der Waals surface area contributed by atoms with E-state index in [0.29, 0.717) is 18.9 Å². The predicted molar refractivity (Wildman–Crippen MR) is 110 cm³/mol. The lowest BCUT2D eigenvalue weighted by molar-refractivity contribution is -0.128. The number of nitrogens with zero attached hydrogens (tertiary/aromatic N) is 2. The molecule has 1 atom stereocenters. The van der Waals surface area contributed by atoms with Crippen molar-refractivity contribution in [2.24, 2.45) is 17.8 Å². The van der Waals surface area contributed by atoms with Crippen molar-refractivity contribution in [3.63, 3.8) is 0 Å². The molecule has 2 aliphatic heterocycles. The van der Waals surface area contributed by atoms with Gasteiger partial charge in [-0.25, -0.2) is 0 Å². The van der Waals surface area contributed by atoms with Gasteiger partial charge in [0.2, 0.25) is 11.8 Å². The van der Waals surface area contributed by atoms with E-state index in [1.807, 2.05) is 17.0 Å². The molecule has 27 heavy (non-hydrogen) atoms. The van der Waals surface area contributed by atoms with Gasteiger partial charge in [-0.15, -0.1) is 0 Å². The first-order valence-electron chi connectivity index (χ1n) is 10.4. The summed E-state index contributed by atoms with van der Waals surface area (Å²) in [7, 11) is 0. The van der Waals surface area contributed by atoms with Crippen molar-refractivity contribution in [3.05, 3.63) is 24.3 Å². The summed E-state index contributed by atoms with van der Waals surface area (Å²) in [6, 6.07) is 8.11. The molecule has 1 N–H and O–H groups in total. The highest BCUT2D eigenvalue weighted by Crippen LogP contribution is 2.25. The van der Waals surface area contributed by atoms with Gasteiger partial charge in [0.25, 0.3) is 0 Å². The van der Waals surface area contributed by atoms with Crippen LogP contribution in [0.3, 0.4) is 0 Å². The van der Waals surface area contributed by atoms with E-state index in [0.717, 1.165) is 37.7 Å². The first kappa shape index (κ1) is 19.7. The summed E-state index contributed by atoms with van der Waals surface area (Å²) in [5.74, 6) is 1.19. The monoisotopic (exact) mass is 371 g/mol. The molecular weight excluding hydrogens is 338 g/mol. The lowest BCUT2D eigenvalue weighted by Gasteiger charge is -2.32. The van der Waals surface area contributed by atoms with E-state index >= 15 is 0 Å². The summed E-state index contributed by atoms with van der Waals surface area (Å²) in [4.78, 5) is 29.0. The van der Waals surface area contributed by atoms with E-state index < -0.39 is 0 Å². The van der Waals surface area contributed by atoms with Crippen LogP contribution >= 0.6 is 0 Å². The van der Waals surface area contributed by atoms with Gasteiger partial charge in [-0.05, 0) is 55.4 Å². The number of benzene rings is 1. The minimum atomic E-state index is -0.243. The third kappa shape index (κ3) is 5.24. The normalized spacial score (nSPS) is 21.2. The summed E-state index contributed by atoms with van der Waals surface area (Å²) < 4.78 is 0. The van der Waals surface area contributed by atoms with Crippen LogP contribution in [-0.4, -0.2) is 42.9 Å². The maximum atomic E-state index is 12.6. The highest BCUT2D eigenvalue weighted by molar-refractivity contribution is 5.97. The van der Waals surface area contributed by atoms with Gasteiger partial charge in [0.05, 0.1) is 5.92 Å². The number of hydrogen-bond donors (Lipinski definition) is 1. The quantitative estimate of drug-likeness (QED) is 0.828. The van der Waals surface area contributed by atoms with E-state index in [1.54, 1.807) is 0 Å². The molecular formula is C22H33N3O2. The van der Waals surface area contributed by atoms with Gasteiger partial charge >= 0.3 is 0 Å². The number of anilines is 2. The third-order valence-electron chi connectivity index (χ3n) is 5.85. The lowest BCUT2D eigenvalue weighted by atomic mass is 9.99. The fourth-order valence-electron chi connectivity index (χ4n) is 3.84. The first-order chi connectivity index (χ1) is 12.9. The molecule has 0 aliphatic carbocycles. The average molecular weight is 372 g/mol. The molecule has 2 aliphatic rings. The molecule has 1 aromatic rings. The number of rotatable bonds is 6. The fraction of sp³-hybridized carbons (Fsp3) is 0.636. The van der Waals surface area contributed by atoms with Gasteiger partial charge in [-0.2, -0.15) is 0 Å². The Kier molecular flexibility index (Phi) is 6.40. The molecule has 2 saturated heterocycles. The highest BCUT2D eigenvalue weighted by atomic mass is 16.2. The predicted octanol–water partition coefficient (Wildman–Crippen LogP) is 3.76. The third-order valence-corrected chi connectivity index (χ3v) is 5.85. The molecule has 5 heteroatoms. The van der Waals surface area contributed by atoms with Gasteiger partial charge < -0.3 is 15.1 Å². The molecule has 0 saturated carbocycles. The van der Waals surface area contributed by atoms with E-state index in [9.17, 15) is 9.59 Å². The molecule has 0 radical (unpaired) electrons. The minimum absolute atomic E-state index is 0.0463. The molecule has 2 amide bonds. The number of likely N-dealkylation sites (tertiary alicyclic amines) is 1. The van der Waals surface area contributed by atoms with E-state index in [4.69, 9.17) is 0 Å². The van der Waals surface area contributed by atoms with Crippen LogP contribution in [0.5, 0.6) is 0 Å². The maximum absolute atomic E-state index is 12.6.